The number of fused-ring (bicyclic) bond motifs is 3. The molecule has 0 radical (unpaired) electrons. The lowest BCUT2D eigenvalue weighted by atomic mass is 10.1. The molecule has 2 aliphatic heterocycles. The molecular weight excluding hydrogens is 416 g/mol. The molecule has 2 aromatic rings. The number of alkyl halides is 2. The molecule has 31 heavy (non-hydrogen) atoms. The van der Waals surface area contributed by atoms with E-state index in [2.05, 4.69) is 4.98 Å². The van der Waals surface area contributed by atoms with Crippen LogP contribution in [0.5, 0.6) is 11.5 Å². The highest BCUT2D eigenvalue weighted by Gasteiger charge is 2.43. The van der Waals surface area contributed by atoms with Gasteiger partial charge >= 0.3 is 6.09 Å². The first-order valence-electron chi connectivity index (χ1n) is 9.29. The van der Waals surface area contributed by atoms with Crippen LogP contribution in [0.15, 0.2) is 18.2 Å². The number of carbonyl (C=O) groups excluding carboxylic acids is 2. The van der Waals surface area contributed by atoms with E-state index in [0.29, 0.717) is 17.1 Å². The molecule has 1 aromatic heterocycles. The largest absolute Gasteiger partial charge is 0.491 e. The number of primary amides is 1. The summed E-state index contributed by atoms with van der Waals surface area (Å²) in [7, 11) is 0. The predicted octanol–water partition coefficient (Wildman–Crippen LogP) is 1.66. The number of anilines is 1. The van der Waals surface area contributed by atoms with Crippen molar-refractivity contribution in [2.24, 2.45) is 5.73 Å². The Bertz CT molecular complexity index is 1100. The number of carbonyl (C=O) groups is 2. The molecule has 2 N–H and O–H groups in total. The molecule has 0 saturated carbocycles. The van der Waals surface area contributed by atoms with Crippen LogP contribution in [0.4, 0.5) is 19.4 Å². The van der Waals surface area contributed by atoms with Crippen LogP contribution in [-0.4, -0.2) is 53.3 Å². The molecule has 2 amide bonds. The Hall–Kier alpha value is -3.88. The molecule has 1 unspecified atom stereocenters. The molecule has 0 spiro atoms. The summed E-state index contributed by atoms with van der Waals surface area (Å²) in [6.45, 7) is 1.33. The van der Waals surface area contributed by atoms with Crippen molar-refractivity contribution < 1.29 is 32.6 Å². The summed E-state index contributed by atoms with van der Waals surface area (Å²) in [6, 6.07) is 5.10. The lowest BCUT2D eigenvalue weighted by molar-refractivity contribution is -0.123. The van der Waals surface area contributed by atoms with Gasteiger partial charge in [0.25, 0.3) is 12.3 Å². The van der Waals surface area contributed by atoms with Gasteiger partial charge < -0.3 is 24.5 Å². The maximum absolute atomic E-state index is 13.4. The minimum atomic E-state index is -2.87. The molecule has 0 bridgehead atoms. The quantitative estimate of drug-likeness (QED) is 0.758. The van der Waals surface area contributed by atoms with Gasteiger partial charge in [0.2, 0.25) is 0 Å². The lowest BCUT2D eigenvalue weighted by Gasteiger charge is -2.18. The monoisotopic (exact) mass is 433 g/mol. The first-order valence-corrected chi connectivity index (χ1v) is 9.29. The fourth-order valence-corrected chi connectivity index (χ4v) is 3.40. The van der Waals surface area contributed by atoms with Crippen LogP contribution < -0.4 is 20.1 Å². The zero-order valence-electron chi connectivity index (χ0n) is 16.2. The number of hydrogen-bond donors (Lipinski definition) is 1. The van der Waals surface area contributed by atoms with Crippen LogP contribution >= 0.6 is 0 Å². The molecule has 12 heteroatoms. The summed E-state index contributed by atoms with van der Waals surface area (Å²) in [4.78, 5) is 28.4. The maximum atomic E-state index is 13.4. The van der Waals surface area contributed by atoms with E-state index in [1.54, 1.807) is 12.1 Å². The van der Waals surface area contributed by atoms with Crippen LogP contribution in [0, 0.1) is 11.3 Å². The molecule has 0 aliphatic carbocycles. The van der Waals surface area contributed by atoms with Gasteiger partial charge in [-0.2, -0.15) is 5.26 Å². The number of ether oxygens (including phenoxy) is 3. The summed E-state index contributed by atoms with van der Waals surface area (Å²) in [6.07, 6.45) is -4.73. The van der Waals surface area contributed by atoms with E-state index in [-0.39, 0.29) is 30.5 Å². The Labute approximate surface area is 174 Å². The third-order valence-electron chi connectivity index (χ3n) is 4.96. The van der Waals surface area contributed by atoms with Crippen molar-refractivity contribution >= 4 is 17.8 Å². The van der Waals surface area contributed by atoms with E-state index < -0.39 is 37.2 Å². The summed E-state index contributed by atoms with van der Waals surface area (Å²) in [5.41, 5.74) is 5.62. The highest BCUT2D eigenvalue weighted by Crippen LogP contribution is 2.39. The number of imidazole rings is 1. The fraction of sp³-hybridized carbons (Fsp3) is 0.368. The van der Waals surface area contributed by atoms with Crippen LogP contribution in [0.2, 0.25) is 0 Å². The number of hydrogen-bond acceptors (Lipinski definition) is 7. The minimum Gasteiger partial charge on any atom is -0.491 e. The molecule has 4 rings (SSSR count). The summed E-state index contributed by atoms with van der Waals surface area (Å²) >= 11 is 0. The highest BCUT2D eigenvalue weighted by molar-refractivity contribution is 5.91. The average Bonchev–Trinajstić information content (AvgIpc) is 3.22. The molecular formula is C19H17F2N5O5. The van der Waals surface area contributed by atoms with E-state index >= 15 is 0 Å². The van der Waals surface area contributed by atoms with Crippen LogP contribution in [0.1, 0.15) is 12.6 Å². The number of cyclic esters (lactones) is 1. The van der Waals surface area contributed by atoms with Crippen molar-refractivity contribution in [3.05, 3.63) is 23.9 Å². The summed E-state index contributed by atoms with van der Waals surface area (Å²) < 4.78 is 44.3. The third-order valence-corrected chi connectivity index (χ3v) is 4.96. The second kappa shape index (κ2) is 7.75. The number of nitrogens with zero attached hydrogens (tertiary/aromatic N) is 4. The van der Waals surface area contributed by atoms with Crippen LogP contribution in [0.3, 0.4) is 0 Å². The van der Waals surface area contributed by atoms with Gasteiger partial charge in [-0.15, -0.1) is 0 Å². The first kappa shape index (κ1) is 20.4. The Morgan fingerprint density at radius 1 is 1.42 bits per heavy atom. The zero-order chi connectivity index (χ0) is 22.3. The van der Waals surface area contributed by atoms with Crippen molar-refractivity contribution in [2.45, 2.75) is 32.0 Å². The number of aromatic nitrogens is 2. The second-order valence-electron chi connectivity index (χ2n) is 6.89. The predicted molar refractivity (Wildman–Crippen MR) is 101 cm³/mol. The van der Waals surface area contributed by atoms with Crippen molar-refractivity contribution in [1.29, 1.82) is 5.26 Å². The van der Waals surface area contributed by atoms with E-state index in [1.807, 2.05) is 6.07 Å². The number of halogens is 2. The number of nitrogens with two attached hydrogens (primary N) is 1. The van der Waals surface area contributed by atoms with Gasteiger partial charge in [0.1, 0.15) is 42.6 Å². The van der Waals surface area contributed by atoms with Crippen molar-refractivity contribution in [2.75, 3.05) is 18.1 Å². The normalized spacial score (nSPS) is 18.4. The molecule has 1 fully saturated rings. The van der Waals surface area contributed by atoms with Gasteiger partial charge in [-0.3, -0.25) is 4.79 Å². The van der Waals surface area contributed by atoms with Gasteiger partial charge in [-0.25, -0.2) is 23.5 Å². The van der Waals surface area contributed by atoms with Crippen molar-refractivity contribution in [3.63, 3.8) is 0 Å². The molecule has 162 valence electrons. The fourth-order valence-electron chi connectivity index (χ4n) is 3.40. The molecule has 2 aliphatic rings. The maximum Gasteiger partial charge on any atom is 0.416 e. The number of nitriles is 1. The van der Waals surface area contributed by atoms with Gasteiger partial charge in [0.15, 0.2) is 17.6 Å². The lowest BCUT2D eigenvalue weighted by Crippen LogP contribution is -2.39. The number of benzene rings is 1. The van der Waals surface area contributed by atoms with Gasteiger partial charge in [0.05, 0.1) is 12.1 Å². The summed E-state index contributed by atoms with van der Waals surface area (Å²) in [5.74, 6) is 0.109. The third kappa shape index (κ3) is 3.48. The molecule has 10 nitrogen and oxygen atoms in total. The SMILES string of the molecule is CC(Oc1ccc2c(c1)OCCn1c-2nc(N2C(=O)OC[C@H]2C(F)F)c1C#N)C(N)=O. The Morgan fingerprint density at radius 3 is 2.87 bits per heavy atom. The second-order valence-corrected chi connectivity index (χ2v) is 6.89. The summed E-state index contributed by atoms with van der Waals surface area (Å²) in [5, 5.41) is 9.69. The zero-order valence-corrected chi connectivity index (χ0v) is 16.2. The first-order chi connectivity index (χ1) is 14.8. The van der Waals surface area contributed by atoms with Crippen molar-refractivity contribution in [1.82, 2.24) is 9.55 Å². The van der Waals surface area contributed by atoms with Gasteiger partial charge in [0, 0.05) is 6.07 Å². The van der Waals surface area contributed by atoms with E-state index in [9.17, 15) is 23.6 Å². The molecule has 3 heterocycles. The van der Waals surface area contributed by atoms with E-state index in [4.69, 9.17) is 19.9 Å². The number of rotatable bonds is 5. The molecule has 1 saturated heterocycles. The van der Waals surface area contributed by atoms with Crippen LogP contribution in [0.25, 0.3) is 11.4 Å². The minimum absolute atomic E-state index is 0.0568. The smallest absolute Gasteiger partial charge is 0.416 e. The topological polar surface area (TPSA) is 133 Å². The molecule has 2 atom stereocenters. The average molecular weight is 433 g/mol. The Balaban J connectivity index is 1.78. The van der Waals surface area contributed by atoms with Crippen LogP contribution in [-0.2, 0) is 16.1 Å². The van der Waals surface area contributed by atoms with Gasteiger partial charge in [-0.1, -0.05) is 0 Å². The number of amides is 2. The Kier molecular flexibility index (Phi) is 5.10. The van der Waals surface area contributed by atoms with E-state index in [1.165, 1.54) is 17.6 Å². The Morgan fingerprint density at radius 2 is 2.19 bits per heavy atom. The highest BCUT2D eigenvalue weighted by atomic mass is 19.3. The van der Waals surface area contributed by atoms with Gasteiger partial charge in [-0.05, 0) is 19.1 Å². The standard InChI is InChI=1S/C19H17F2N5O5/c1-9(16(23)27)31-10-2-3-11-14(6-10)29-5-4-25-12(7-22)18(24-17(11)25)26-13(15(20)21)8-30-19(26)28/h2-3,6,9,13,15H,4-5,8H2,1H3,(H2,23,27)/t9?,13-/m0/s1. The van der Waals surface area contributed by atoms with E-state index in [0.717, 1.165) is 4.90 Å². The van der Waals surface area contributed by atoms with Crippen molar-refractivity contribution in [3.8, 4) is 29.0 Å². The molecule has 1 aromatic carbocycles.